The molecule has 1 saturated carbocycles. The van der Waals surface area contributed by atoms with Gasteiger partial charge in [0.15, 0.2) is 8.32 Å². The van der Waals surface area contributed by atoms with E-state index >= 15 is 0 Å². The maximum atomic E-state index is 12.8. The van der Waals surface area contributed by atoms with Gasteiger partial charge in [-0.3, -0.25) is 4.79 Å². The zero-order valence-electron chi connectivity index (χ0n) is 31.0. The Bertz CT molecular complexity index is 983. The molecule has 7 nitrogen and oxygen atoms in total. The summed E-state index contributed by atoms with van der Waals surface area (Å²) < 4.78 is 25.7. The monoisotopic (exact) mass is 663 g/mol. The van der Waals surface area contributed by atoms with Crippen LogP contribution in [-0.2, 0) is 23.4 Å². The minimum Gasteiger partial charge on any atom is -0.412 e. The van der Waals surface area contributed by atoms with E-state index in [9.17, 15) is 9.90 Å². The molecule has 8 heteroatoms. The molecule has 1 amide bonds. The fraction of sp³-hybridized carbons (Fsp3) is 0.868. The highest BCUT2D eigenvalue weighted by Crippen LogP contribution is 2.48. The SMILES string of the molecule is CC[Si](CC)(CC)O[C@H](C)[C@H](OC)[C@@H](C)[C@H]1O[C@]1(C)C[C@H](C)/C=C/C=C(\C)[C@H]1O[C@@H](CNC(=O)C2CCC(CO)CC2)CC[C@@H]1C. The van der Waals surface area contributed by atoms with Gasteiger partial charge in [0.25, 0.3) is 0 Å². The molecule has 0 radical (unpaired) electrons. The van der Waals surface area contributed by atoms with E-state index < -0.39 is 8.32 Å². The summed E-state index contributed by atoms with van der Waals surface area (Å²) in [6, 6.07) is 3.43. The third-order valence-corrected chi connectivity index (χ3v) is 16.5. The average molecular weight is 664 g/mol. The molecule has 9 atom stereocenters. The molecule has 3 fully saturated rings. The van der Waals surface area contributed by atoms with Crippen molar-refractivity contribution in [3.8, 4) is 0 Å². The number of carbonyl (C=O) groups is 1. The van der Waals surface area contributed by atoms with Crippen LogP contribution in [0.25, 0.3) is 0 Å². The van der Waals surface area contributed by atoms with Gasteiger partial charge in [-0.05, 0) is 107 Å². The Morgan fingerprint density at radius 1 is 1.07 bits per heavy atom. The van der Waals surface area contributed by atoms with Gasteiger partial charge >= 0.3 is 0 Å². The van der Waals surface area contributed by atoms with E-state index in [1.165, 1.54) is 5.57 Å². The average Bonchev–Trinajstić information content (AvgIpc) is 3.73. The predicted octanol–water partition coefficient (Wildman–Crippen LogP) is 7.83. The van der Waals surface area contributed by atoms with Gasteiger partial charge in [-0.15, -0.1) is 0 Å². The van der Waals surface area contributed by atoms with Crippen LogP contribution >= 0.6 is 0 Å². The maximum Gasteiger partial charge on any atom is 0.223 e. The van der Waals surface area contributed by atoms with Gasteiger partial charge < -0.3 is 29.1 Å². The zero-order chi connectivity index (χ0) is 34.1. The van der Waals surface area contributed by atoms with Crippen LogP contribution in [0.1, 0.15) is 107 Å². The molecule has 46 heavy (non-hydrogen) atoms. The molecule has 2 N–H and O–H groups in total. The lowest BCUT2D eigenvalue weighted by atomic mass is 9.82. The van der Waals surface area contributed by atoms with Crippen molar-refractivity contribution in [2.45, 2.75) is 162 Å². The molecule has 3 aliphatic rings. The van der Waals surface area contributed by atoms with Crippen molar-refractivity contribution >= 4 is 14.2 Å². The van der Waals surface area contributed by atoms with Crippen LogP contribution in [0.2, 0.25) is 18.1 Å². The number of allylic oxidation sites excluding steroid dienone is 3. The van der Waals surface area contributed by atoms with Gasteiger partial charge in [0.2, 0.25) is 5.91 Å². The fourth-order valence-electron chi connectivity index (χ4n) is 8.43. The lowest BCUT2D eigenvalue weighted by molar-refractivity contribution is -0.128. The highest BCUT2D eigenvalue weighted by atomic mass is 28.4. The molecule has 1 aliphatic carbocycles. The summed E-state index contributed by atoms with van der Waals surface area (Å²) in [5.74, 6) is 1.67. The summed E-state index contributed by atoms with van der Waals surface area (Å²) in [5.41, 5.74) is 1.08. The molecular weight excluding hydrogens is 595 g/mol. The number of rotatable bonds is 18. The molecule has 2 heterocycles. The molecule has 0 unspecified atom stereocenters. The summed E-state index contributed by atoms with van der Waals surface area (Å²) >= 11 is 0. The molecule has 0 spiro atoms. The summed E-state index contributed by atoms with van der Waals surface area (Å²) in [6.07, 6.45) is 13.7. The molecule has 266 valence electrons. The molecule has 0 aromatic heterocycles. The lowest BCUT2D eigenvalue weighted by Crippen LogP contribution is -2.46. The van der Waals surface area contributed by atoms with Gasteiger partial charge in [-0.1, -0.05) is 59.8 Å². The van der Waals surface area contributed by atoms with Gasteiger partial charge in [0.1, 0.15) is 0 Å². The van der Waals surface area contributed by atoms with E-state index in [4.69, 9.17) is 18.6 Å². The molecular formula is C38H69NO6Si. The first-order valence-electron chi connectivity index (χ1n) is 18.6. The summed E-state index contributed by atoms with van der Waals surface area (Å²) in [4.78, 5) is 12.8. The second kappa shape index (κ2) is 18.1. The van der Waals surface area contributed by atoms with Crippen LogP contribution in [0.15, 0.2) is 23.8 Å². The highest BCUT2D eigenvalue weighted by Gasteiger charge is 2.57. The number of nitrogens with one attached hydrogen (secondary N) is 1. The Morgan fingerprint density at radius 2 is 1.72 bits per heavy atom. The zero-order valence-corrected chi connectivity index (χ0v) is 32.0. The Hall–Kier alpha value is -1.03. The molecule has 0 bridgehead atoms. The number of ether oxygens (including phenoxy) is 3. The first kappa shape index (κ1) is 39.4. The number of epoxide rings is 1. The normalized spacial score (nSPS) is 33.4. The number of amides is 1. The molecule has 2 saturated heterocycles. The van der Waals surface area contributed by atoms with Crippen LogP contribution in [0, 0.1) is 29.6 Å². The Balaban J connectivity index is 1.47. The second-order valence-corrected chi connectivity index (χ2v) is 20.1. The van der Waals surface area contributed by atoms with Gasteiger partial charge in [0.05, 0.1) is 36.1 Å². The molecule has 3 rings (SSSR count). The van der Waals surface area contributed by atoms with E-state index in [0.717, 1.165) is 63.1 Å². The fourth-order valence-corrected chi connectivity index (χ4v) is 11.4. The Morgan fingerprint density at radius 3 is 2.30 bits per heavy atom. The minimum absolute atomic E-state index is 0.0151. The third-order valence-electron chi connectivity index (χ3n) is 11.8. The van der Waals surface area contributed by atoms with Gasteiger partial charge in [-0.25, -0.2) is 0 Å². The van der Waals surface area contributed by atoms with E-state index in [1.807, 2.05) is 7.11 Å². The van der Waals surface area contributed by atoms with Crippen LogP contribution in [0.4, 0.5) is 0 Å². The predicted molar refractivity (Wildman–Crippen MR) is 190 cm³/mol. The van der Waals surface area contributed by atoms with Crippen molar-refractivity contribution in [2.75, 3.05) is 20.3 Å². The largest absolute Gasteiger partial charge is 0.412 e. The quantitative estimate of drug-likeness (QED) is 0.0883. The van der Waals surface area contributed by atoms with E-state index in [2.05, 4.69) is 85.9 Å². The second-order valence-electron chi connectivity index (χ2n) is 15.3. The Labute approximate surface area is 282 Å². The van der Waals surface area contributed by atoms with Crippen LogP contribution in [-0.4, -0.2) is 75.7 Å². The van der Waals surface area contributed by atoms with Crippen molar-refractivity contribution in [3.63, 3.8) is 0 Å². The molecule has 2 aliphatic heterocycles. The number of aliphatic hydroxyl groups is 1. The molecule has 0 aromatic rings. The van der Waals surface area contributed by atoms with Crippen LogP contribution < -0.4 is 5.32 Å². The number of methoxy groups -OCH3 is 1. The third kappa shape index (κ3) is 10.5. The highest BCUT2D eigenvalue weighted by molar-refractivity contribution is 6.73. The number of hydrogen-bond donors (Lipinski definition) is 2. The smallest absolute Gasteiger partial charge is 0.223 e. The van der Waals surface area contributed by atoms with Crippen molar-refractivity contribution < 1.29 is 28.5 Å². The lowest BCUT2D eigenvalue weighted by Gasteiger charge is -2.36. The van der Waals surface area contributed by atoms with Crippen molar-refractivity contribution in [1.29, 1.82) is 0 Å². The topological polar surface area (TPSA) is 89.5 Å². The number of carbonyl (C=O) groups excluding carboxylic acids is 1. The van der Waals surface area contributed by atoms with E-state index in [1.54, 1.807) is 0 Å². The first-order valence-corrected chi connectivity index (χ1v) is 21.2. The molecule has 0 aromatic carbocycles. The van der Waals surface area contributed by atoms with Crippen molar-refractivity contribution in [2.24, 2.45) is 29.6 Å². The Kier molecular flexibility index (Phi) is 15.5. The van der Waals surface area contributed by atoms with Gasteiger partial charge in [0, 0.05) is 32.1 Å². The van der Waals surface area contributed by atoms with Crippen molar-refractivity contribution in [1.82, 2.24) is 5.32 Å². The number of hydrogen-bond acceptors (Lipinski definition) is 6. The van der Waals surface area contributed by atoms with Gasteiger partial charge in [-0.2, -0.15) is 0 Å². The number of aliphatic hydroxyl groups excluding tert-OH is 1. The maximum absolute atomic E-state index is 12.8. The van der Waals surface area contributed by atoms with Crippen LogP contribution in [0.5, 0.6) is 0 Å². The standard InChI is InChI=1S/C38H69NO6Si/c1-11-46(12-2,13-3)45-30(8)35(42-10)29(7)36-38(9,44-36)23-26(4)15-14-16-27(5)34-28(6)17-22-33(43-34)24-39-37(41)32-20-18-31(25-40)19-21-32/h14-16,26,28-36,40H,11-13,17-25H2,1-10H3,(H,39,41)/b15-14+,27-16+/t26-,28+,29-,30-,31?,32?,33-,34-,35-,36-,38-/m1/s1. The summed E-state index contributed by atoms with van der Waals surface area (Å²) in [6.45, 7) is 21.0. The van der Waals surface area contributed by atoms with Crippen molar-refractivity contribution in [3.05, 3.63) is 23.8 Å². The summed E-state index contributed by atoms with van der Waals surface area (Å²) in [5, 5.41) is 12.6. The van der Waals surface area contributed by atoms with Crippen LogP contribution in [0.3, 0.4) is 0 Å². The van der Waals surface area contributed by atoms with E-state index in [0.29, 0.717) is 24.3 Å². The van der Waals surface area contributed by atoms with E-state index in [-0.39, 0.29) is 60.5 Å². The summed E-state index contributed by atoms with van der Waals surface area (Å²) in [7, 11) is 0.101. The minimum atomic E-state index is -1.71. The first-order chi connectivity index (χ1) is 21.8.